The maximum Gasteiger partial charge on any atom is 0.238 e. The van der Waals surface area contributed by atoms with Gasteiger partial charge in [0.1, 0.15) is 0 Å². The van der Waals surface area contributed by atoms with E-state index in [1.165, 1.54) is 6.92 Å². The zero-order valence-electron chi connectivity index (χ0n) is 14.2. The van der Waals surface area contributed by atoms with E-state index in [0.29, 0.717) is 24.5 Å². The summed E-state index contributed by atoms with van der Waals surface area (Å²) < 4.78 is 0. The van der Waals surface area contributed by atoms with Crippen LogP contribution in [-0.4, -0.2) is 41.9 Å². The van der Waals surface area contributed by atoms with Gasteiger partial charge in [0.15, 0.2) is 0 Å². The molecule has 0 fully saturated rings. The fourth-order valence-electron chi connectivity index (χ4n) is 2.10. The molecule has 1 rings (SSSR count). The van der Waals surface area contributed by atoms with Crippen LogP contribution in [0.15, 0.2) is 24.3 Å². The lowest BCUT2D eigenvalue weighted by atomic mass is 10.1. The van der Waals surface area contributed by atoms with Gasteiger partial charge in [-0.15, -0.1) is 12.4 Å². The number of rotatable bonds is 7. The van der Waals surface area contributed by atoms with E-state index in [4.69, 9.17) is 5.73 Å². The Kier molecular flexibility index (Phi) is 8.82. The average Bonchev–Trinajstić information content (AvgIpc) is 2.38. The number of hydrogen-bond acceptors (Lipinski definition) is 4. The van der Waals surface area contributed by atoms with E-state index in [0.717, 1.165) is 6.54 Å². The molecule has 7 heteroatoms. The number of nitrogens with two attached hydrogens (primary N) is 1. The molecule has 0 saturated carbocycles. The largest absolute Gasteiger partial charge is 0.326 e. The summed E-state index contributed by atoms with van der Waals surface area (Å²) in [5.41, 5.74) is 7.05. The maximum absolute atomic E-state index is 12.1. The second-order valence-electron chi connectivity index (χ2n) is 6.10. The minimum atomic E-state index is -0.337. The molecule has 0 bridgehead atoms. The van der Waals surface area contributed by atoms with Gasteiger partial charge >= 0.3 is 0 Å². The molecule has 0 saturated heterocycles. The highest BCUT2D eigenvalue weighted by atomic mass is 35.5. The molecule has 0 aliphatic heterocycles. The third-order valence-corrected chi connectivity index (χ3v) is 2.93. The van der Waals surface area contributed by atoms with Crippen molar-refractivity contribution in [2.24, 2.45) is 5.73 Å². The van der Waals surface area contributed by atoms with Crippen molar-refractivity contribution in [1.82, 2.24) is 4.90 Å². The quantitative estimate of drug-likeness (QED) is 0.707. The van der Waals surface area contributed by atoms with Gasteiger partial charge in [-0.25, -0.2) is 0 Å². The van der Waals surface area contributed by atoms with Gasteiger partial charge in [0.25, 0.3) is 0 Å². The van der Waals surface area contributed by atoms with Gasteiger partial charge in [0, 0.05) is 30.4 Å². The Hall–Kier alpha value is -1.63. The molecule has 6 nitrogen and oxygen atoms in total. The summed E-state index contributed by atoms with van der Waals surface area (Å²) in [6.45, 7) is 9.04. The summed E-state index contributed by atoms with van der Waals surface area (Å²) in [5, 5.41) is 5.52. The summed E-state index contributed by atoms with van der Waals surface area (Å²) in [6.07, 6.45) is 0. The predicted molar refractivity (Wildman–Crippen MR) is 97.0 cm³/mol. The Morgan fingerprint density at radius 3 is 2.00 bits per heavy atom. The average molecular weight is 343 g/mol. The van der Waals surface area contributed by atoms with Crippen LogP contribution in [0, 0.1) is 0 Å². The molecule has 0 radical (unpaired) electrons. The molecule has 23 heavy (non-hydrogen) atoms. The van der Waals surface area contributed by atoms with Crippen LogP contribution in [0.3, 0.4) is 0 Å². The first-order valence-electron chi connectivity index (χ1n) is 7.38. The molecule has 0 atom stereocenters. The number of amides is 2. The first-order chi connectivity index (χ1) is 10.2. The summed E-state index contributed by atoms with van der Waals surface area (Å²) in [5.74, 6) is -0.210. The van der Waals surface area contributed by atoms with Crippen molar-refractivity contribution in [2.75, 3.05) is 30.3 Å². The molecule has 4 N–H and O–H groups in total. The van der Waals surface area contributed by atoms with Crippen LogP contribution >= 0.6 is 12.4 Å². The van der Waals surface area contributed by atoms with E-state index in [1.54, 1.807) is 24.3 Å². The van der Waals surface area contributed by atoms with Gasteiger partial charge in [0.2, 0.25) is 11.8 Å². The van der Waals surface area contributed by atoms with E-state index in [9.17, 15) is 9.59 Å². The monoisotopic (exact) mass is 342 g/mol. The van der Waals surface area contributed by atoms with Crippen LogP contribution in [0.2, 0.25) is 0 Å². The molecule has 0 aliphatic carbocycles. The van der Waals surface area contributed by atoms with Gasteiger partial charge in [-0.2, -0.15) is 0 Å². The van der Waals surface area contributed by atoms with Crippen molar-refractivity contribution in [3.8, 4) is 0 Å². The standard InChI is InChI=1S/C16H26N4O2.ClH/c1-5-20(11-16(3,4)17)10-15(22)19-14-8-6-13(7-9-14)18-12(2)21;/h6-9H,5,10-11,17H2,1-4H3,(H,18,21)(H,19,22);1H. The van der Waals surface area contributed by atoms with Crippen LogP contribution in [0.1, 0.15) is 27.7 Å². The molecule has 0 aromatic heterocycles. The molecule has 0 spiro atoms. The van der Waals surface area contributed by atoms with E-state index in [-0.39, 0.29) is 29.8 Å². The molecule has 1 aromatic rings. The SMILES string of the molecule is CCN(CC(=O)Nc1ccc(NC(C)=O)cc1)CC(C)(C)N.Cl. The highest BCUT2D eigenvalue weighted by molar-refractivity contribution is 5.93. The summed E-state index contributed by atoms with van der Waals surface area (Å²) >= 11 is 0. The van der Waals surface area contributed by atoms with Gasteiger partial charge in [-0.1, -0.05) is 6.92 Å². The molecular formula is C16H27ClN4O2. The van der Waals surface area contributed by atoms with Gasteiger partial charge in [0.05, 0.1) is 6.54 Å². The smallest absolute Gasteiger partial charge is 0.238 e. The zero-order valence-corrected chi connectivity index (χ0v) is 15.0. The highest BCUT2D eigenvalue weighted by Gasteiger charge is 2.17. The van der Waals surface area contributed by atoms with Crippen LogP contribution < -0.4 is 16.4 Å². The Morgan fingerprint density at radius 1 is 1.13 bits per heavy atom. The second kappa shape index (κ2) is 9.50. The lowest BCUT2D eigenvalue weighted by Gasteiger charge is -2.28. The van der Waals surface area contributed by atoms with Crippen LogP contribution in [0.5, 0.6) is 0 Å². The molecule has 0 heterocycles. The molecule has 130 valence electrons. The second-order valence-corrected chi connectivity index (χ2v) is 6.10. The van der Waals surface area contributed by atoms with Crippen LogP contribution in [-0.2, 0) is 9.59 Å². The lowest BCUT2D eigenvalue weighted by Crippen LogP contribution is -2.47. The minimum Gasteiger partial charge on any atom is -0.326 e. The molecule has 2 amide bonds. The van der Waals surface area contributed by atoms with E-state index >= 15 is 0 Å². The Balaban J connectivity index is 0.00000484. The number of carbonyl (C=O) groups excluding carboxylic acids is 2. The molecule has 0 unspecified atom stereocenters. The van der Waals surface area contributed by atoms with Gasteiger partial charge < -0.3 is 16.4 Å². The number of anilines is 2. The Bertz CT molecular complexity index is 512. The van der Waals surface area contributed by atoms with Gasteiger partial charge in [-0.05, 0) is 44.7 Å². The number of halogens is 1. The molecule has 0 aliphatic rings. The number of benzene rings is 1. The first kappa shape index (κ1) is 21.4. The van der Waals surface area contributed by atoms with Gasteiger partial charge in [-0.3, -0.25) is 14.5 Å². The summed E-state index contributed by atoms with van der Waals surface area (Å²) in [4.78, 5) is 25.0. The highest BCUT2D eigenvalue weighted by Crippen LogP contribution is 2.13. The molecular weight excluding hydrogens is 316 g/mol. The van der Waals surface area contributed by atoms with Crippen molar-refractivity contribution in [3.05, 3.63) is 24.3 Å². The van der Waals surface area contributed by atoms with Crippen molar-refractivity contribution < 1.29 is 9.59 Å². The lowest BCUT2D eigenvalue weighted by molar-refractivity contribution is -0.117. The number of likely N-dealkylation sites (N-methyl/N-ethyl adjacent to an activating group) is 1. The van der Waals surface area contributed by atoms with Crippen molar-refractivity contribution >= 4 is 35.6 Å². The third kappa shape index (κ3) is 9.18. The summed E-state index contributed by atoms with van der Waals surface area (Å²) in [6, 6.07) is 7.01. The minimum absolute atomic E-state index is 0. The number of carbonyl (C=O) groups is 2. The van der Waals surface area contributed by atoms with Crippen molar-refractivity contribution in [1.29, 1.82) is 0 Å². The number of nitrogens with zero attached hydrogens (tertiary/aromatic N) is 1. The number of nitrogens with one attached hydrogen (secondary N) is 2. The predicted octanol–water partition coefficient (Wildman–Crippen LogP) is 2.06. The maximum atomic E-state index is 12.1. The van der Waals surface area contributed by atoms with Crippen LogP contribution in [0.25, 0.3) is 0 Å². The van der Waals surface area contributed by atoms with E-state index < -0.39 is 0 Å². The summed E-state index contributed by atoms with van der Waals surface area (Å²) in [7, 11) is 0. The zero-order chi connectivity index (χ0) is 16.8. The topological polar surface area (TPSA) is 87.5 Å². The van der Waals surface area contributed by atoms with Crippen LogP contribution in [0.4, 0.5) is 11.4 Å². The van der Waals surface area contributed by atoms with E-state index in [1.807, 2.05) is 25.7 Å². The first-order valence-corrected chi connectivity index (χ1v) is 7.38. The van der Waals surface area contributed by atoms with E-state index in [2.05, 4.69) is 10.6 Å². The van der Waals surface area contributed by atoms with Crippen molar-refractivity contribution in [2.45, 2.75) is 33.2 Å². The normalized spacial score (nSPS) is 10.9. The van der Waals surface area contributed by atoms with Crippen molar-refractivity contribution in [3.63, 3.8) is 0 Å². The Labute approximate surface area is 144 Å². The number of hydrogen-bond donors (Lipinski definition) is 3. The fourth-order valence-corrected chi connectivity index (χ4v) is 2.10. The fraction of sp³-hybridized carbons (Fsp3) is 0.500. The molecule has 1 aromatic carbocycles. The third-order valence-electron chi connectivity index (χ3n) is 2.93. The Morgan fingerprint density at radius 2 is 1.61 bits per heavy atom.